The van der Waals surface area contributed by atoms with Gasteiger partial charge in [-0.25, -0.2) is 14.3 Å². The summed E-state index contributed by atoms with van der Waals surface area (Å²) in [6.45, 7) is 4.91. The van der Waals surface area contributed by atoms with Crippen molar-refractivity contribution in [1.29, 1.82) is 0 Å². The van der Waals surface area contributed by atoms with Crippen molar-refractivity contribution >= 4 is 22.7 Å². The predicted octanol–water partition coefficient (Wildman–Crippen LogP) is 4.91. The Kier molecular flexibility index (Phi) is 5.29. The average Bonchev–Trinajstić information content (AvgIpc) is 3.34. The van der Waals surface area contributed by atoms with Crippen molar-refractivity contribution in [3.8, 4) is 22.6 Å². The zero-order chi connectivity index (χ0) is 21.3. The molecule has 0 aliphatic rings. The number of rotatable bonds is 6. The van der Waals surface area contributed by atoms with Crippen molar-refractivity contribution in [2.24, 2.45) is 0 Å². The number of anilines is 1. The molecule has 0 saturated carbocycles. The molecule has 0 aliphatic carbocycles. The first-order valence-electron chi connectivity index (χ1n) is 9.92. The van der Waals surface area contributed by atoms with Gasteiger partial charge in [-0.1, -0.05) is 37.3 Å². The highest BCUT2D eigenvalue weighted by Gasteiger charge is 2.23. The number of hydrogen-bond donors (Lipinski definition) is 3. The lowest BCUT2D eigenvalue weighted by Crippen LogP contribution is -2.08. The van der Waals surface area contributed by atoms with Crippen molar-refractivity contribution < 1.29 is 14.6 Å². The van der Waals surface area contributed by atoms with Gasteiger partial charge in [-0.3, -0.25) is 0 Å². The van der Waals surface area contributed by atoms with E-state index in [9.17, 15) is 9.90 Å². The van der Waals surface area contributed by atoms with Crippen LogP contribution >= 0.6 is 0 Å². The van der Waals surface area contributed by atoms with Crippen molar-refractivity contribution in [2.45, 2.75) is 26.9 Å². The topological polar surface area (TPSA) is 106 Å². The summed E-state index contributed by atoms with van der Waals surface area (Å²) in [5.41, 5.74) is 11.7. The fourth-order valence-corrected chi connectivity index (χ4v) is 3.66. The van der Waals surface area contributed by atoms with E-state index in [0.29, 0.717) is 42.4 Å². The van der Waals surface area contributed by atoms with Gasteiger partial charge >= 0.3 is 6.09 Å². The van der Waals surface area contributed by atoms with Gasteiger partial charge in [0, 0.05) is 18.2 Å². The van der Waals surface area contributed by atoms with E-state index in [4.69, 9.17) is 10.5 Å². The number of benzene rings is 2. The van der Waals surface area contributed by atoms with Crippen LogP contribution in [0.25, 0.3) is 33.5 Å². The summed E-state index contributed by atoms with van der Waals surface area (Å²) in [5.74, 6) is 0.373. The van der Waals surface area contributed by atoms with E-state index in [-0.39, 0.29) is 0 Å². The number of nitrogens with one attached hydrogen (secondary N) is 1. The zero-order valence-electron chi connectivity index (χ0n) is 17.0. The smallest absolute Gasteiger partial charge is 0.417 e. The number of aromatic amines is 1. The van der Waals surface area contributed by atoms with Gasteiger partial charge < -0.3 is 20.6 Å². The van der Waals surface area contributed by atoms with Gasteiger partial charge in [0.15, 0.2) is 5.82 Å². The van der Waals surface area contributed by atoms with E-state index in [1.165, 1.54) is 4.57 Å². The van der Waals surface area contributed by atoms with E-state index in [2.05, 4.69) is 9.97 Å². The number of ether oxygens (including phenoxy) is 1. The van der Waals surface area contributed by atoms with E-state index < -0.39 is 6.09 Å². The molecule has 0 atom stereocenters. The van der Waals surface area contributed by atoms with Crippen LogP contribution in [0.5, 0.6) is 0 Å². The van der Waals surface area contributed by atoms with Crippen molar-refractivity contribution in [3.63, 3.8) is 0 Å². The minimum absolute atomic E-state index is 0.373. The van der Waals surface area contributed by atoms with Crippen LogP contribution in [0.4, 0.5) is 10.5 Å². The Hall–Kier alpha value is -3.58. The molecule has 7 nitrogen and oxygen atoms in total. The summed E-state index contributed by atoms with van der Waals surface area (Å²) in [5, 5.41) is 10.6. The Morgan fingerprint density at radius 1 is 1.23 bits per heavy atom. The average molecular weight is 404 g/mol. The Morgan fingerprint density at radius 3 is 2.67 bits per heavy atom. The number of hydrogen-bond acceptors (Lipinski definition) is 4. The highest BCUT2D eigenvalue weighted by atomic mass is 16.5. The van der Waals surface area contributed by atoms with Crippen LogP contribution in [0.1, 0.15) is 25.1 Å². The Labute approximate surface area is 174 Å². The fourth-order valence-electron chi connectivity index (χ4n) is 3.66. The highest BCUT2D eigenvalue weighted by molar-refractivity contribution is 6.07. The standard InChI is InChI=1S/C23H24N4O3/c1-3-16-12-27(23(28)29)22(25-16)19-17-10-14(13-30-4-2)11-18(24)21(17)26-20(19)15-8-6-5-7-9-15/h5-12,26H,3-4,13,24H2,1-2H3,(H,28,29). The number of fused-ring (bicyclic) bond motifs is 1. The van der Waals surface area contributed by atoms with E-state index in [1.807, 2.05) is 56.3 Å². The molecular formula is C23H24N4O3. The molecule has 0 amide bonds. The summed E-state index contributed by atoms with van der Waals surface area (Å²) < 4.78 is 6.74. The van der Waals surface area contributed by atoms with Gasteiger partial charge in [0.1, 0.15) is 0 Å². The molecule has 2 aromatic heterocycles. The predicted molar refractivity (Wildman–Crippen MR) is 117 cm³/mol. The Morgan fingerprint density at radius 2 is 2.00 bits per heavy atom. The maximum atomic E-state index is 12.0. The lowest BCUT2D eigenvalue weighted by Gasteiger charge is -2.07. The van der Waals surface area contributed by atoms with Gasteiger partial charge in [0.2, 0.25) is 0 Å². The second kappa shape index (κ2) is 8.04. The van der Waals surface area contributed by atoms with Crippen molar-refractivity contribution in [2.75, 3.05) is 12.3 Å². The summed E-state index contributed by atoms with van der Waals surface area (Å²) in [7, 11) is 0. The molecule has 0 saturated heterocycles. The van der Waals surface area contributed by atoms with Crippen molar-refractivity contribution in [1.82, 2.24) is 14.5 Å². The minimum Gasteiger partial charge on any atom is -0.464 e. The van der Waals surface area contributed by atoms with Gasteiger partial charge in [-0.15, -0.1) is 0 Å². The highest BCUT2D eigenvalue weighted by Crippen LogP contribution is 2.40. The molecule has 0 bridgehead atoms. The molecule has 2 heterocycles. The lowest BCUT2D eigenvalue weighted by molar-refractivity contribution is 0.134. The summed E-state index contributed by atoms with van der Waals surface area (Å²) in [4.78, 5) is 20.0. The number of carboxylic acid groups (broad SMARTS) is 1. The third kappa shape index (κ3) is 3.44. The quantitative estimate of drug-likeness (QED) is 0.396. The van der Waals surface area contributed by atoms with Crippen molar-refractivity contribution in [3.05, 3.63) is 59.9 Å². The summed E-state index contributed by atoms with van der Waals surface area (Å²) in [6, 6.07) is 13.6. The largest absolute Gasteiger partial charge is 0.464 e. The normalized spacial score (nSPS) is 11.3. The molecule has 0 radical (unpaired) electrons. The number of imidazole rings is 1. The minimum atomic E-state index is -1.08. The molecule has 154 valence electrons. The zero-order valence-corrected chi connectivity index (χ0v) is 17.0. The molecular weight excluding hydrogens is 380 g/mol. The first-order valence-corrected chi connectivity index (χ1v) is 9.92. The summed E-state index contributed by atoms with van der Waals surface area (Å²) in [6.07, 6.45) is 1.12. The van der Waals surface area contributed by atoms with Crippen LogP contribution in [0.15, 0.2) is 48.7 Å². The molecule has 0 aliphatic heterocycles. The van der Waals surface area contributed by atoms with Crippen LogP contribution in [-0.4, -0.2) is 32.3 Å². The molecule has 0 spiro atoms. The third-order valence-corrected chi connectivity index (χ3v) is 5.08. The molecule has 4 N–H and O–H groups in total. The second-order valence-corrected chi connectivity index (χ2v) is 7.05. The molecule has 30 heavy (non-hydrogen) atoms. The molecule has 4 aromatic rings. The van der Waals surface area contributed by atoms with Gasteiger partial charge in [-0.2, -0.15) is 0 Å². The number of aromatic nitrogens is 3. The van der Waals surface area contributed by atoms with Gasteiger partial charge in [-0.05, 0) is 36.6 Å². The Bertz CT molecular complexity index is 1210. The lowest BCUT2D eigenvalue weighted by atomic mass is 10.0. The first kappa shape index (κ1) is 19.7. The number of nitrogens with two attached hydrogens (primary N) is 1. The monoisotopic (exact) mass is 404 g/mol. The van der Waals surface area contributed by atoms with Crippen LogP contribution < -0.4 is 5.73 Å². The van der Waals surface area contributed by atoms with Crippen LogP contribution in [-0.2, 0) is 17.8 Å². The van der Waals surface area contributed by atoms with E-state index in [1.54, 1.807) is 6.20 Å². The molecule has 0 unspecified atom stereocenters. The number of aryl methyl sites for hydroxylation is 1. The second-order valence-electron chi connectivity index (χ2n) is 7.05. The Balaban J connectivity index is 2.06. The van der Waals surface area contributed by atoms with E-state index in [0.717, 1.165) is 27.7 Å². The SMILES string of the molecule is CCOCc1cc(N)c2[nH]c(-c3ccccc3)c(-c3nc(CC)cn3C(=O)O)c2c1. The number of H-pyrrole nitrogens is 1. The number of carbonyl (C=O) groups is 1. The van der Waals surface area contributed by atoms with Crippen LogP contribution in [0, 0.1) is 0 Å². The molecule has 4 rings (SSSR count). The van der Waals surface area contributed by atoms with E-state index >= 15 is 0 Å². The summed E-state index contributed by atoms with van der Waals surface area (Å²) >= 11 is 0. The van der Waals surface area contributed by atoms with Crippen LogP contribution in [0.3, 0.4) is 0 Å². The fraction of sp³-hybridized carbons (Fsp3) is 0.217. The molecule has 0 fully saturated rings. The van der Waals surface area contributed by atoms with Gasteiger partial charge in [0.05, 0.1) is 34.8 Å². The van der Waals surface area contributed by atoms with Crippen LogP contribution in [0.2, 0.25) is 0 Å². The van der Waals surface area contributed by atoms with Gasteiger partial charge in [0.25, 0.3) is 0 Å². The first-order chi connectivity index (χ1) is 14.5. The molecule has 7 heteroatoms. The maximum Gasteiger partial charge on any atom is 0.417 e. The molecule has 2 aromatic carbocycles. The number of nitrogen functional groups attached to an aromatic ring is 1. The maximum absolute atomic E-state index is 12.0. The number of nitrogens with zero attached hydrogens (tertiary/aromatic N) is 2. The third-order valence-electron chi connectivity index (χ3n) is 5.08.